The Morgan fingerprint density at radius 2 is 1.75 bits per heavy atom. The molecule has 0 aliphatic rings. The number of benzene rings is 2. The van der Waals surface area contributed by atoms with Gasteiger partial charge in [-0.05, 0) is 24.3 Å². The van der Waals surface area contributed by atoms with Crippen LogP contribution < -0.4 is 15.2 Å². The molecule has 0 bridgehead atoms. The number of ether oxygens (including phenoxy) is 2. The first-order valence-corrected chi connectivity index (χ1v) is 6.37. The highest BCUT2D eigenvalue weighted by Gasteiger charge is 2.20. The van der Waals surface area contributed by atoms with E-state index in [0.717, 1.165) is 0 Å². The molecule has 0 fully saturated rings. The lowest BCUT2D eigenvalue weighted by molar-refractivity contribution is 0.382. The Morgan fingerprint density at radius 1 is 1.05 bits per heavy atom. The Hall–Kier alpha value is -1.78. The van der Waals surface area contributed by atoms with Gasteiger partial charge in [-0.1, -0.05) is 23.7 Å². The molecule has 2 aromatic carbocycles. The van der Waals surface area contributed by atoms with Gasteiger partial charge in [0.05, 0.1) is 20.3 Å². The average Bonchev–Trinajstić information content (AvgIpc) is 2.46. The van der Waals surface area contributed by atoms with E-state index in [1.165, 1.54) is 14.2 Å². The SMILES string of the molecule is COc1ccc(Cl)cc1C(N)c1cccc(OC)c1F. The van der Waals surface area contributed by atoms with Crippen molar-refractivity contribution in [2.75, 3.05) is 14.2 Å². The summed E-state index contributed by atoms with van der Waals surface area (Å²) in [6, 6.07) is 9.22. The summed E-state index contributed by atoms with van der Waals surface area (Å²) in [6.07, 6.45) is 0. The maximum absolute atomic E-state index is 14.3. The zero-order valence-corrected chi connectivity index (χ0v) is 11.9. The number of rotatable bonds is 4. The molecule has 2 N–H and O–H groups in total. The minimum absolute atomic E-state index is 0.152. The van der Waals surface area contributed by atoms with Crippen molar-refractivity contribution in [1.29, 1.82) is 0 Å². The van der Waals surface area contributed by atoms with Crippen molar-refractivity contribution in [3.05, 3.63) is 58.4 Å². The number of hydrogen-bond acceptors (Lipinski definition) is 3. The Morgan fingerprint density at radius 3 is 2.40 bits per heavy atom. The lowest BCUT2D eigenvalue weighted by Gasteiger charge is -2.18. The van der Waals surface area contributed by atoms with Crippen LogP contribution in [0.2, 0.25) is 5.02 Å². The maximum atomic E-state index is 14.3. The molecule has 0 heterocycles. The first-order chi connectivity index (χ1) is 9.58. The zero-order valence-electron chi connectivity index (χ0n) is 11.2. The van der Waals surface area contributed by atoms with Crippen molar-refractivity contribution >= 4 is 11.6 Å². The number of nitrogens with two attached hydrogens (primary N) is 1. The van der Waals surface area contributed by atoms with Crippen LogP contribution in [-0.4, -0.2) is 14.2 Å². The summed E-state index contributed by atoms with van der Waals surface area (Å²) in [5.41, 5.74) is 7.09. The van der Waals surface area contributed by atoms with E-state index in [4.69, 9.17) is 26.8 Å². The molecule has 0 aliphatic carbocycles. The molecule has 0 spiro atoms. The monoisotopic (exact) mass is 295 g/mol. The molecular weight excluding hydrogens is 281 g/mol. The molecule has 5 heteroatoms. The molecule has 2 aromatic rings. The van der Waals surface area contributed by atoms with Crippen LogP contribution in [0.4, 0.5) is 4.39 Å². The summed E-state index contributed by atoms with van der Waals surface area (Å²) in [7, 11) is 2.94. The van der Waals surface area contributed by atoms with E-state index in [9.17, 15) is 4.39 Å². The summed E-state index contributed by atoms with van der Waals surface area (Å²) < 4.78 is 24.5. The van der Waals surface area contributed by atoms with Gasteiger partial charge in [-0.15, -0.1) is 0 Å². The highest BCUT2D eigenvalue weighted by Crippen LogP contribution is 2.33. The second kappa shape index (κ2) is 6.11. The van der Waals surface area contributed by atoms with E-state index in [2.05, 4.69) is 0 Å². The fraction of sp³-hybridized carbons (Fsp3) is 0.200. The zero-order chi connectivity index (χ0) is 14.7. The fourth-order valence-electron chi connectivity index (χ4n) is 2.04. The van der Waals surface area contributed by atoms with Crippen LogP contribution in [0.25, 0.3) is 0 Å². The minimum Gasteiger partial charge on any atom is -0.496 e. The first-order valence-electron chi connectivity index (χ1n) is 6.00. The van der Waals surface area contributed by atoms with Gasteiger partial charge < -0.3 is 15.2 Å². The first kappa shape index (κ1) is 14.6. The fourth-order valence-corrected chi connectivity index (χ4v) is 2.22. The molecule has 0 saturated heterocycles. The Labute approximate surface area is 122 Å². The third kappa shape index (κ3) is 2.71. The van der Waals surface area contributed by atoms with Gasteiger partial charge in [-0.25, -0.2) is 4.39 Å². The molecule has 1 unspecified atom stereocenters. The predicted octanol–water partition coefficient (Wildman–Crippen LogP) is 3.54. The molecule has 0 aliphatic heterocycles. The van der Waals surface area contributed by atoms with Crippen molar-refractivity contribution in [2.45, 2.75) is 6.04 Å². The summed E-state index contributed by atoms with van der Waals surface area (Å²) in [5.74, 6) is 0.229. The Bertz CT molecular complexity index is 619. The van der Waals surface area contributed by atoms with Gasteiger partial charge in [-0.3, -0.25) is 0 Å². The minimum atomic E-state index is -0.696. The second-order valence-electron chi connectivity index (χ2n) is 4.23. The van der Waals surface area contributed by atoms with Gasteiger partial charge in [0, 0.05) is 16.1 Å². The maximum Gasteiger partial charge on any atom is 0.170 e. The second-order valence-corrected chi connectivity index (χ2v) is 4.66. The van der Waals surface area contributed by atoms with Crippen LogP contribution in [0.1, 0.15) is 17.2 Å². The standard InChI is InChI=1S/C15H15ClFNO2/c1-19-12-7-6-9(16)8-11(12)15(18)10-4-3-5-13(20-2)14(10)17/h3-8,15H,18H2,1-2H3. The third-order valence-corrected chi connectivity index (χ3v) is 3.31. The molecule has 0 amide bonds. The molecule has 106 valence electrons. The Balaban J connectivity index is 2.51. The molecule has 1 atom stereocenters. The largest absolute Gasteiger partial charge is 0.496 e. The molecule has 0 radical (unpaired) electrons. The van der Waals surface area contributed by atoms with E-state index >= 15 is 0 Å². The summed E-state index contributed by atoms with van der Waals surface area (Å²) in [5, 5.41) is 0.513. The van der Waals surface area contributed by atoms with Crippen LogP contribution in [0.3, 0.4) is 0 Å². The van der Waals surface area contributed by atoms with Crippen molar-refractivity contribution in [3.8, 4) is 11.5 Å². The molecule has 0 aromatic heterocycles. The van der Waals surface area contributed by atoms with Gasteiger partial charge in [-0.2, -0.15) is 0 Å². The van der Waals surface area contributed by atoms with Crippen molar-refractivity contribution in [1.82, 2.24) is 0 Å². The summed E-state index contributed by atoms with van der Waals surface area (Å²) in [6.45, 7) is 0. The van der Waals surface area contributed by atoms with Crippen LogP contribution in [0, 0.1) is 5.82 Å². The molecule has 0 saturated carbocycles. The predicted molar refractivity (Wildman–Crippen MR) is 77.0 cm³/mol. The van der Waals surface area contributed by atoms with E-state index in [0.29, 0.717) is 21.9 Å². The van der Waals surface area contributed by atoms with Gasteiger partial charge in [0.15, 0.2) is 11.6 Å². The molecule has 20 heavy (non-hydrogen) atoms. The smallest absolute Gasteiger partial charge is 0.170 e. The molecule has 2 rings (SSSR count). The molecular formula is C15H15ClFNO2. The van der Waals surface area contributed by atoms with Crippen LogP contribution in [0.15, 0.2) is 36.4 Å². The topological polar surface area (TPSA) is 44.5 Å². The van der Waals surface area contributed by atoms with E-state index in [-0.39, 0.29) is 5.75 Å². The van der Waals surface area contributed by atoms with Crippen molar-refractivity contribution < 1.29 is 13.9 Å². The highest BCUT2D eigenvalue weighted by atomic mass is 35.5. The highest BCUT2D eigenvalue weighted by molar-refractivity contribution is 6.30. The number of halogens is 2. The van der Waals surface area contributed by atoms with Gasteiger partial charge >= 0.3 is 0 Å². The number of hydrogen-bond donors (Lipinski definition) is 1. The van der Waals surface area contributed by atoms with Crippen LogP contribution in [-0.2, 0) is 0 Å². The van der Waals surface area contributed by atoms with Crippen LogP contribution in [0.5, 0.6) is 11.5 Å². The van der Waals surface area contributed by atoms with E-state index < -0.39 is 11.9 Å². The summed E-state index contributed by atoms with van der Waals surface area (Å²) in [4.78, 5) is 0. The average molecular weight is 296 g/mol. The molecule has 3 nitrogen and oxygen atoms in total. The lowest BCUT2D eigenvalue weighted by Crippen LogP contribution is -2.15. The van der Waals surface area contributed by atoms with Gasteiger partial charge in [0.1, 0.15) is 5.75 Å². The van der Waals surface area contributed by atoms with Crippen molar-refractivity contribution in [3.63, 3.8) is 0 Å². The third-order valence-electron chi connectivity index (χ3n) is 3.07. The quantitative estimate of drug-likeness (QED) is 0.938. The summed E-state index contributed by atoms with van der Waals surface area (Å²) >= 11 is 5.97. The van der Waals surface area contributed by atoms with Gasteiger partial charge in [0.25, 0.3) is 0 Å². The number of methoxy groups -OCH3 is 2. The normalized spacial score (nSPS) is 12.1. The van der Waals surface area contributed by atoms with E-state index in [1.807, 2.05) is 0 Å². The van der Waals surface area contributed by atoms with Gasteiger partial charge in [0.2, 0.25) is 0 Å². The Kier molecular flexibility index (Phi) is 4.47. The van der Waals surface area contributed by atoms with Crippen LogP contribution >= 0.6 is 11.6 Å². The van der Waals surface area contributed by atoms with E-state index in [1.54, 1.807) is 36.4 Å². The van der Waals surface area contributed by atoms with Crippen molar-refractivity contribution in [2.24, 2.45) is 5.73 Å². The lowest BCUT2D eigenvalue weighted by atomic mass is 9.98.